The molecule has 4 nitrogen and oxygen atoms in total. The molecule has 2 aliphatic heterocycles. The van der Waals surface area contributed by atoms with Crippen LogP contribution in [0.25, 0.3) is 0 Å². The van der Waals surface area contributed by atoms with E-state index in [1.807, 2.05) is 0 Å². The Labute approximate surface area is 90.2 Å². The first-order chi connectivity index (χ1) is 6.81. The van der Waals surface area contributed by atoms with Crippen molar-refractivity contribution in [2.45, 2.75) is 31.3 Å². The number of rotatable bonds is 2. The molecule has 2 saturated heterocycles. The molecule has 0 spiro atoms. The first kappa shape index (κ1) is 10.4. The third-order valence-electron chi connectivity index (χ3n) is 3.34. The second-order valence-electron chi connectivity index (χ2n) is 4.20. The van der Waals surface area contributed by atoms with Gasteiger partial charge in [-0.1, -0.05) is 24.4 Å². The summed E-state index contributed by atoms with van der Waals surface area (Å²) in [6, 6.07) is 0.995. The van der Waals surface area contributed by atoms with Gasteiger partial charge in [-0.2, -0.15) is 4.91 Å². The van der Waals surface area contributed by atoms with E-state index in [0.29, 0.717) is 18.6 Å². The van der Waals surface area contributed by atoms with Crippen LogP contribution >= 0.6 is 12.8 Å². The quantitative estimate of drug-likeness (QED) is 0.554. The first-order valence-electron chi connectivity index (χ1n) is 5.30. The molecule has 0 saturated carbocycles. The van der Waals surface area contributed by atoms with Gasteiger partial charge in [0.1, 0.15) is 0 Å². The zero-order chi connectivity index (χ0) is 9.97. The summed E-state index contributed by atoms with van der Waals surface area (Å²) < 4.78 is 2.08. The van der Waals surface area contributed by atoms with Crippen LogP contribution in [0.15, 0.2) is 5.18 Å². The zero-order valence-corrected chi connectivity index (χ0v) is 9.20. The van der Waals surface area contributed by atoms with Gasteiger partial charge >= 0.3 is 0 Å². The summed E-state index contributed by atoms with van der Waals surface area (Å²) in [7, 11) is 0. The van der Waals surface area contributed by atoms with Crippen molar-refractivity contribution in [3.05, 3.63) is 4.91 Å². The lowest BCUT2D eigenvalue weighted by Gasteiger charge is -2.46. The van der Waals surface area contributed by atoms with E-state index in [2.05, 4.69) is 27.2 Å². The fraction of sp³-hybridized carbons (Fsp3) is 1.00. The summed E-state index contributed by atoms with van der Waals surface area (Å²) in [5.74, 6) is 0. The van der Waals surface area contributed by atoms with E-state index >= 15 is 0 Å². The van der Waals surface area contributed by atoms with Crippen molar-refractivity contribution in [1.29, 1.82) is 0 Å². The number of piperazine rings is 1. The van der Waals surface area contributed by atoms with Crippen molar-refractivity contribution in [3.63, 3.8) is 0 Å². The fourth-order valence-corrected chi connectivity index (χ4v) is 2.91. The molecule has 2 heterocycles. The predicted octanol–water partition coefficient (Wildman–Crippen LogP) is 1.14. The summed E-state index contributed by atoms with van der Waals surface area (Å²) in [4.78, 5) is 12.8. The van der Waals surface area contributed by atoms with Gasteiger partial charge in [-0.05, 0) is 12.8 Å². The third-order valence-corrected chi connectivity index (χ3v) is 3.70. The highest BCUT2D eigenvalue weighted by molar-refractivity contribution is 7.77. The second kappa shape index (κ2) is 4.59. The highest BCUT2D eigenvalue weighted by atomic mass is 32.1. The lowest BCUT2D eigenvalue weighted by molar-refractivity contribution is 0.0438. The number of nitroso groups, excluding NO2 is 1. The maximum Gasteiger partial charge on any atom is 0.0966 e. The van der Waals surface area contributed by atoms with Gasteiger partial charge in [-0.15, -0.1) is 0 Å². The van der Waals surface area contributed by atoms with E-state index in [0.717, 1.165) is 26.1 Å². The summed E-state index contributed by atoms with van der Waals surface area (Å²) in [6.07, 6.45) is 3.60. The Balaban J connectivity index is 1.98. The Morgan fingerprint density at radius 3 is 3.00 bits per heavy atom. The van der Waals surface area contributed by atoms with E-state index in [1.165, 1.54) is 12.8 Å². The van der Waals surface area contributed by atoms with Gasteiger partial charge in [-0.3, -0.25) is 9.21 Å². The van der Waals surface area contributed by atoms with Crippen LogP contribution in [0.2, 0.25) is 0 Å². The van der Waals surface area contributed by atoms with E-state index in [4.69, 9.17) is 0 Å². The first-order valence-corrected chi connectivity index (χ1v) is 5.70. The van der Waals surface area contributed by atoms with Gasteiger partial charge in [0.05, 0.1) is 6.54 Å². The Morgan fingerprint density at radius 2 is 2.21 bits per heavy atom. The molecule has 0 amide bonds. The molecule has 0 aromatic rings. The van der Waals surface area contributed by atoms with E-state index in [1.54, 1.807) is 0 Å². The largest absolute Gasteiger partial charge is 0.293 e. The normalized spacial score (nSPS) is 35.2. The molecule has 0 radical (unpaired) electrons. The van der Waals surface area contributed by atoms with Gasteiger partial charge in [0.15, 0.2) is 0 Å². The highest BCUT2D eigenvalue weighted by Gasteiger charge is 2.34. The summed E-state index contributed by atoms with van der Waals surface area (Å²) in [5, 5.41) is 3.05. The van der Waals surface area contributed by atoms with Crippen molar-refractivity contribution in [3.8, 4) is 0 Å². The van der Waals surface area contributed by atoms with E-state index in [9.17, 15) is 4.91 Å². The Morgan fingerprint density at radius 1 is 1.36 bits per heavy atom. The molecule has 0 aromatic heterocycles. The molecule has 5 heteroatoms. The maximum absolute atomic E-state index is 10.3. The Hall–Kier alpha value is -0.130. The van der Waals surface area contributed by atoms with Crippen LogP contribution in [0.1, 0.15) is 19.3 Å². The third kappa shape index (κ3) is 2.10. The van der Waals surface area contributed by atoms with Crippen LogP contribution in [0.5, 0.6) is 0 Å². The van der Waals surface area contributed by atoms with Crippen LogP contribution in [0.4, 0.5) is 0 Å². The minimum absolute atomic E-state index is 0.397. The molecule has 2 atom stereocenters. The number of nitrogens with zero attached hydrogens (tertiary/aromatic N) is 3. The topological polar surface area (TPSA) is 35.9 Å². The van der Waals surface area contributed by atoms with E-state index in [-0.39, 0.29) is 0 Å². The zero-order valence-electron chi connectivity index (χ0n) is 8.30. The van der Waals surface area contributed by atoms with Gasteiger partial charge in [0, 0.05) is 31.7 Å². The lowest BCUT2D eigenvalue weighted by atomic mass is 9.94. The number of fused-ring (bicyclic) bond motifs is 1. The van der Waals surface area contributed by atoms with Crippen molar-refractivity contribution in [2.75, 3.05) is 26.2 Å². The van der Waals surface area contributed by atoms with Crippen LogP contribution in [-0.4, -0.2) is 47.5 Å². The summed E-state index contributed by atoms with van der Waals surface area (Å²) >= 11 is 4.38. The van der Waals surface area contributed by atoms with Crippen LogP contribution < -0.4 is 0 Å². The molecule has 2 rings (SSSR count). The molecule has 0 aromatic carbocycles. The summed E-state index contributed by atoms with van der Waals surface area (Å²) in [6.45, 7) is 3.52. The Kier molecular flexibility index (Phi) is 3.41. The van der Waals surface area contributed by atoms with Crippen molar-refractivity contribution >= 4 is 12.8 Å². The number of piperidine rings is 1. The van der Waals surface area contributed by atoms with Crippen molar-refractivity contribution in [1.82, 2.24) is 9.21 Å². The van der Waals surface area contributed by atoms with Gasteiger partial charge < -0.3 is 0 Å². The van der Waals surface area contributed by atoms with Crippen molar-refractivity contribution in [2.24, 2.45) is 5.18 Å². The molecule has 0 bridgehead atoms. The minimum Gasteiger partial charge on any atom is -0.293 e. The molecule has 2 unspecified atom stereocenters. The standard InChI is InChI=1S/C9H17N3OS/c13-10-6-8-2-1-3-9-7-11(14)4-5-12(8)9/h8-9,14H,1-7H2. The molecular formula is C9H17N3OS. The number of hydrogen-bond donors (Lipinski definition) is 1. The monoisotopic (exact) mass is 215 g/mol. The molecule has 0 aliphatic carbocycles. The van der Waals surface area contributed by atoms with E-state index < -0.39 is 0 Å². The van der Waals surface area contributed by atoms with Gasteiger partial charge in [-0.25, -0.2) is 0 Å². The minimum atomic E-state index is 0.397. The molecule has 0 N–H and O–H groups in total. The molecule has 80 valence electrons. The Bertz CT molecular complexity index is 214. The summed E-state index contributed by atoms with van der Waals surface area (Å²) in [5.41, 5.74) is 0. The average molecular weight is 215 g/mol. The highest BCUT2D eigenvalue weighted by Crippen LogP contribution is 2.26. The number of thiol groups is 1. The predicted molar refractivity (Wildman–Crippen MR) is 59.4 cm³/mol. The smallest absolute Gasteiger partial charge is 0.0966 e. The fourth-order valence-electron chi connectivity index (χ4n) is 2.63. The average Bonchev–Trinajstić information content (AvgIpc) is 2.18. The molecular weight excluding hydrogens is 198 g/mol. The van der Waals surface area contributed by atoms with Gasteiger partial charge in [0.25, 0.3) is 0 Å². The van der Waals surface area contributed by atoms with Crippen LogP contribution in [0, 0.1) is 4.91 Å². The number of hydrogen-bond acceptors (Lipinski definition) is 5. The van der Waals surface area contributed by atoms with Crippen molar-refractivity contribution < 1.29 is 0 Å². The van der Waals surface area contributed by atoms with Crippen LogP contribution in [-0.2, 0) is 0 Å². The lowest BCUT2D eigenvalue weighted by Crippen LogP contribution is -2.57. The molecule has 14 heavy (non-hydrogen) atoms. The second-order valence-corrected chi connectivity index (χ2v) is 4.77. The molecule has 2 aliphatic rings. The van der Waals surface area contributed by atoms with Crippen LogP contribution in [0.3, 0.4) is 0 Å². The maximum atomic E-state index is 10.3. The molecule has 2 fully saturated rings. The van der Waals surface area contributed by atoms with Gasteiger partial charge in [0.2, 0.25) is 0 Å². The SMILES string of the molecule is O=NCC1CCCC2CN(S)CCN12.